The Morgan fingerprint density at radius 1 is 1.18 bits per heavy atom. The van der Waals surface area contributed by atoms with Crippen molar-refractivity contribution >= 4 is 40.1 Å². The summed E-state index contributed by atoms with van der Waals surface area (Å²) < 4.78 is 24.6. The van der Waals surface area contributed by atoms with E-state index in [1.807, 2.05) is 52.0 Å². The standard InChI is InChI=1S/C30H37ClN2O6/c1-8-38-23(34)16-37-15-21-14-33-17(2)13-22-25(19-9-11-20(31)12-10-19)24(18(3)26(32-21)27(22)33)28(29(35)36-7)39-30(4,5)6/h9-13,21,28,32H,8,14-16H2,1-7H3/t21-,28-/m0/s1. The van der Waals surface area contributed by atoms with Crippen molar-refractivity contribution in [3.63, 3.8) is 0 Å². The van der Waals surface area contributed by atoms with E-state index >= 15 is 0 Å². The minimum atomic E-state index is -0.966. The molecule has 0 spiro atoms. The van der Waals surface area contributed by atoms with Gasteiger partial charge in [-0.1, -0.05) is 23.7 Å². The Labute approximate surface area is 234 Å². The number of rotatable bonds is 9. The summed E-state index contributed by atoms with van der Waals surface area (Å²) in [4.78, 5) is 25.1. The zero-order chi connectivity index (χ0) is 28.5. The van der Waals surface area contributed by atoms with Crippen molar-refractivity contribution in [3.05, 3.63) is 52.2 Å². The third-order valence-electron chi connectivity index (χ3n) is 6.74. The third-order valence-corrected chi connectivity index (χ3v) is 6.99. The molecule has 3 aromatic rings. The highest BCUT2D eigenvalue weighted by molar-refractivity contribution is 6.30. The second-order valence-corrected chi connectivity index (χ2v) is 11.2. The lowest BCUT2D eigenvalue weighted by Gasteiger charge is -2.33. The molecule has 39 heavy (non-hydrogen) atoms. The molecule has 1 N–H and O–H groups in total. The molecule has 0 amide bonds. The van der Waals surface area contributed by atoms with Crippen LogP contribution in [0.15, 0.2) is 30.3 Å². The van der Waals surface area contributed by atoms with Gasteiger partial charge in [-0.15, -0.1) is 0 Å². The molecule has 8 nitrogen and oxygen atoms in total. The van der Waals surface area contributed by atoms with Crippen molar-refractivity contribution in [2.45, 2.75) is 65.8 Å². The number of benzene rings is 2. The zero-order valence-corrected chi connectivity index (χ0v) is 24.4. The van der Waals surface area contributed by atoms with E-state index in [0.717, 1.165) is 44.5 Å². The number of carbonyl (C=O) groups excluding carboxylic acids is 2. The van der Waals surface area contributed by atoms with E-state index in [0.29, 0.717) is 24.8 Å². The van der Waals surface area contributed by atoms with Crippen LogP contribution < -0.4 is 5.32 Å². The number of esters is 2. The molecule has 1 aromatic heterocycles. The number of halogens is 1. The molecule has 9 heteroatoms. The first-order valence-corrected chi connectivity index (χ1v) is 13.5. The van der Waals surface area contributed by atoms with Crippen molar-refractivity contribution in [2.24, 2.45) is 0 Å². The maximum absolute atomic E-state index is 13.3. The molecule has 2 aromatic carbocycles. The molecule has 0 unspecified atom stereocenters. The molecule has 1 aliphatic rings. The average Bonchev–Trinajstić information content (AvgIpc) is 3.20. The fourth-order valence-electron chi connectivity index (χ4n) is 5.19. The van der Waals surface area contributed by atoms with E-state index in [-0.39, 0.29) is 18.6 Å². The highest BCUT2D eigenvalue weighted by Crippen LogP contribution is 2.47. The molecule has 0 saturated heterocycles. The van der Waals surface area contributed by atoms with Crippen LogP contribution >= 0.6 is 11.6 Å². The number of hydrogen-bond donors (Lipinski definition) is 1. The molecule has 0 fully saturated rings. The first-order valence-electron chi connectivity index (χ1n) is 13.1. The SMILES string of the molecule is CCOC(=O)COC[C@@H]1Cn2c(C)cc3c(-c4ccc(Cl)cc4)c([C@H](OC(C)(C)C)C(=O)OC)c(C)c(c32)N1. The van der Waals surface area contributed by atoms with Crippen molar-refractivity contribution in [1.82, 2.24) is 4.57 Å². The number of ether oxygens (including phenoxy) is 4. The highest BCUT2D eigenvalue weighted by atomic mass is 35.5. The average molecular weight is 557 g/mol. The first-order chi connectivity index (χ1) is 18.4. The van der Waals surface area contributed by atoms with Crippen LogP contribution in [-0.2, 0) is 35.1 Å². The monoisotopic (exact) mass is 556 g/mol. The summed E-state index contributed by atoms with van der Waals surface area (Å²) in [5.74, 6) is -0.865. The predicted molar refractivity (Wildman–Crippen MR) is 152 cm³/mol. The van der Waals surface area contributed by atoms with Gasteiger partial charge in [-0.25, -0.2) is 9.59 Å². The van der Waals surface area contributed by atoms with E-state index in [2.05, 4.69) is 22.9 Å². The lowest BCUT2D eigenvalue weighted by Crippen LogP contribution is -2.36. The van der Waals surface area contributed by atoms with Gasteiger partial charge < -0.3 is 28.8 Å². The molecule has 2 atom stereocenters. The molecular weight excluding hydrogens is 520 g/mol. The third kappa shape index (κ3) is 6.08. The van der Waals surface area contributed by atoms with E-state index in [1.54, 1.807) is 6.92 Å². The van der Waals surface area contributed by atoms with E-state index in [9.17, 15) is 9.59 Å². The number of aromatic nitrogens is 1. The van der Waals surface area contributed by atoms with Gasteiger partial charge in [0.15, 0.2) is 6.10 Å². The van der Waals surface area contributed by atoms with Gasteiger partial charge in [0.2, 0.25) is 0 Å². The minimum absolute atomic E-state index is 0.103. The normalized spacial score (nSPS) is 15.6. The topological polar surface area (TPSA) is 88.0 Å². The van der Waals surface area contributed by atoms with Gasteiger partial charge in [0.1, 0.15) is 6.61 Å². The van der Waals surface area contributed by atoms with Crippen LogP contribution in [0.2, 0.25) is 5.02 Å². The summed E-state index contributed by atoms with van der Waals surface area (Å²) in [5.41, 5.74) is 5.83. The Morgan fingerprint density at radius 3 is 2.49 bits per heavy atom. The number of hydrogen-bond acceptors (Lipinski definition) is 7. The van der Waals surface area contributed by atoms with Crippen molar-refractivity contribution in [1.29, 1.82) is 0 Å². The number of carbonyl (C=O) groups is 2. The number of nitrogens with one attached hydrogen (secondary N) is 1. The fraction of sp³-hybridized carbons (Fsp3) is 0.467. The Morgan fingerprint density at radius 2 is 1.87 bits per heavy atom. The van der Waals surface area contributed by atoms with Crippen LogP contribution in [0, 0.1) is 13.8 Å². The second kappa shape index (κ2) is 11.6. The van der Waals surface area contributed by atoms with Crippen LogP contribution in [0.3, 0.4) is 0 Å². The van der Waals surface area contributed by atoms with Crippen molar-refractivity contribution in [3.8, 4) is 11.1 Å². The van der Waals surface area contributed by atoms with Gasteiger partial charge in [0.25, 0.3) is 0 Å². The second-order valence-electron chi connectivity index (χ2n) is 10.7. The quantitative estimate of drug-likeness (QED) is 0.324. The van der Waals surface area contributed by atoms with Crippen LogP contribution in [0.4, 0.5) is 5.69 Å². The summed E-state index contributed by atoms with van der Waals surface area (Å²) in [7, 11) is 1.37. The van der Waals surface area contributed by atoms with Gasteiger partial charge in [0.05, 0.1) is 43.2 Å². The summed E-state index contributed by atoms with van der Waals surface area (Å²) in [6, 6.07) is 9.65. The summed E-state index contributed by atoms with van der Waals surface area (Å²) in [6.45, 7) is 12.7. The Kier molecular flexibility index (Phi) is 8.59. The van der Waals surface area contributed by atoms with Gasteiger partial charge in [-0.2, -0.15) is 0 Å². The first kappa shape index (κ1) is 28.9. The molecule has 4 rings (SSSR count). The van der Waals surface area contributed by atoms with Crippen molar-refractivity contribution < 1.29 is 28.5 Å². The lowest BCUT2D eigenvalue weighted by atomic mass is 9.87. The number of aryl methyl sites for hydroxylation is 1. The lowest BCUT2D eigenvalue weighted by molar-refractivity contribution is -0.164. The largest absolute Gasteiger partial charge is 0.467 e. The Hall–Kier alpha value is -3.07. The molecule has 0 bridgehead atoms. The number of anilines is 1. The Bertz CT molecular complexity index is 1370. The summed E-state index contributed by atoms with van der Waals surface area (Å²) in [6.07, 6.45) is -0.966. The predicted octanol–water partition coefficient (Wildman–Crippen LogP) is 5.98. The molecule has 0 saturated carbocycles. The van der Waals surface area contributed by atoms with Crippen LogP contribution in [0.25, 0.3) is 22.0 Å². The molecule has 0 radical (unpaired) electrons. The summed E-state index contributed by atoms with van der Waals surface area (Å²) in [5, 5.41) is 5.25. The van der Waals surface area contributed by atoms with Crippen LogP contribution in [0.1, 0.15) is 50.6 Å². The Balaban J connectivity index is 1.90. The molecule has 210 valence electrons. The van der Waals surface area contributed by atoms with Crippen LogP contribution in [-0.4, -0.2) is 55.1 Å². The van der Waals surface area contributed by atoms with E-state index < -0.39 is 17.7 Å². The minimum Gasteiger partial charge on any atom is -0.467 e. The smallest absolute Gasteiger partial charge is 0.339 e. The molecule has 0 aliphatic carbocycles. The summed E-state index contributed by atoms with van der Waals surface area (Å²) >= 11 is 6.24. The van der Waals surface area contributed by atoms with Crippen LogP contribution in [0.5, 0.6) is 0 Å². The van der Waals surface area contributed by atoms with Gasteiger partial charge >= 0.3 is 11.9 Å². The number of nitrogens with zero attached hydrogens (tertiary/aromatic N) is 1. The van der Waals surface area contributed by atoms with Gasteiger partial charge in [-0.3, -0.25) is 0 Å². The van der Waals surface area contributed by atoms with E-state index in [1.165, 1.54) is 7.11 Å². The molecule has 2 heterocycles. The number of methoxy groups -OCH3 is 1. The maximum atomic E-state index is 13.3. The maximum Gasteiger partial charge on any atom is 0.339 e. The highest BCUT2D eigenvalue weighted by Gasteiger charge is 2.36. The van der Waals surface area contributed by atoms with Crippen molar-refractivity contribution in [2.75, 3.05) is 32.2 Å². The van der Waals surface area contributed by atoms with Gasteiger partial charge in [0, 0.05) is 28.2 Å². The van der Waals surface area contributed by atoms with E-state index in [4.69, 9.17) is 30.5 Å². The molecule has 1 aliphatic heterocycles. The fourth-order valence-corrected chi connectivity index (χ4v) is 5.31. The zero-order valence-electron chi connectivity index (χ0n) is 23.6. The molecular formula is C30H37ClN2O6. The van der Waals surface area contributed by atoms with Gasteiger partial charge in [-0.05, 0) is 76.4 Å².